The van der Waals surface area contributed by atoms with Crippen molar-refractivity contribution in [3.05, 3.63) is 48.5 Å². The van der Waals surface area contributed by atoms with E-state index in [1.807, 2.05) is 48.5 Å². The van der Waals surface area contributed by atoms with E-state index in [0.717, 1.165) is 31.5 Å². The molecule has 1 heterocycles. The van der Waals surface area contributed by atoms with Crippen LogP contribution in [0.4, 0.5) is 5.69 Å². The van der Waals surface area contributed by atoms with Crippen molar-refractivity contribution in [2.45, 2.75) is 25.3 Å². The number of hydrogen-bond acceptors (Lipinski definition) is 4. The number of halogens is 1. The first-order valence-electron chi connectivity index (χ1n) is 8.21. The van der Waals surface area contributed by atoms with E-state index >= 15 is 0 Å². The van der Waals surface area contributed by atoms with E-state index in [0.29, 0.717) is 17.2 Å². The lowest BCUT2D eigenvalue weighted by atomic mass is 10.0. The first-order chi connectivity index (χ1) is 11.8. The lowest BCUT2D eigenvalue weighted by Crippen LogP contribution is -2.43. The highest BCUT2D eigenvalue weighted by molar-refractivity contribution is 5.94. The lowest BCUT2D eigenvalue weighted by molar-refractivity contribution is -0.118. The summed E-state index contributed by atoms with van der Waals surface area (Å²) in [5.74, 6) is 2.04. The number of hydrogen-bond donors (Lipinski definition) is 2. The molecule has 0 aliphatic carbocycles. The maximum absolute atomic E-state index is 12.2. The Bertz CT molecular complexity index is 685. The van der Waals surface area contributed by atoms with Crippen molar-refractivity contribution in [3.63, 3.8) is 0 Å². The van der Waals surface area contributed by atoms with Gasteiger partial charge >= 0.3 is 0 Å². The molecule has 134 valence electrons. The summed E-state index contributed by atoms with van der Waals surface area (Å²) in [4.78, 5) is 12.2. The molecule has 25 heavy (non-hydrogen) atoms. The Balaban J connectivity index is 0.00000225. The minimum atomic E-state index is -0.0942. The molecular formula is C19H23ClN2O3. The van der Waals surface area contributed by atoms with E-state index < -0.39 is 0 Å². The molecule has 2 N–H and O–H groups in total. The van der Waals surface area contributed by atoms with Crippen LogP contribution in [-0.2, 0) is 4.79 Å². The van der Waals surface area contributed by atoms with Crippen LogP contribution in [0, 0.1) is 0 Å². The summed E-state index contributed by atoms with van der Waals surface area (Å²) >= 11 is 0. The molecule has 2 aromatic carbocycles. The number of benzene rings is 2. The molecule has 1 atom stereocenters. The molecule has 1 fully saturated rings. The van der Waals surface area contributed by atoms with Crippen LogP contribution in [0.5, 0.6) is 17.2 Å². The number of para-hydroxylation sites is 2. The minimum absolute atomic E-state index is 0. The Labute approximate surface area is 154 Å². The summed E-state index contributed by atoms with van der Waals surface area (Å²) in [6.07, 6.45) is 3.12. The van der Waals surface area contributed by atoms with Gasteiger partial charge in [0.2, 0.25) is 5.91 Å². The number of carbonyl (C=O) groups excluding carboxylic acids is 1. The first-order valence-corrected chi connectivity index (χ1v) is 8.21. The molecule has 0 spiro atoms. The highest BCUT2D eigenvalue weighted by Gasteiger charge is 2.20. The molecule has 0 aromatic heterocycles. The second-order valence-corrected chi connectivity index (χ2v) is 5.77. The molecule has 1 aliphatic rings. The maximum atomic E-state index is 12.2. The van der Waals surface area contributed by atoms with Crippen LogP contribution in [-0.4, -0.2) is 25.6 Å². The van der Waals surface area contributed by atoms with Crippen molar-refractivity contribution < 1.29 is 14.3 Å². The van der Waals surface area contributed by atoms with E-state index in [-0.39, 0.29) is 24.4 Å². The van der Waals surface area contributed by atoms with Crippen molar-refractivity contribution in [1.29, 1.82) is 0 Å². The Morgan fingerprint density at radius 2 is 1.80 bits per heavy atom. The van der Waals surface area contributed by atoms with E-state index in [9.17, 15) is 4.79 Å². The van der Waals surface area contributed by atoms with Crippen molar-refractivity contribution in [3.8, 4) is 17.2 Å². The lowest BCUT2D eigenvalue weighted by Gasteiger charge is -2.22. The monoisotopic (exact) mass is 362 g/mol. The van der Waals surface area contributed by atoms with Crippen LogP contribution < -0.4 is 20.1 Å². The van der Waals surface area contributed by atoms with Crippen molar-refractivity contribution in [1.82, 2.24) is 5.32 Å². The summed E-state index contributed by atoms with van der Waals surface area (Å²) in [7, 11) is 1.61. The van der Waals surface area contributed by atoms with E-state index in [4.69, 9.17) is 9.47 Å². The predicted octanol–water partition coefficient (Wildman–Crippen LogP) is 3.99. The maximum Gasteiger partial charge on any atom is 0.241 e. The van der Waals surface area contributed by atoms with Gasteiger partial charge in [-0.2, -0.15) is 0 Å². The highest BCUT2D eigenvalue weighted by atomic mass is 35.5. The van der Waals surface area contributed by atoms with Gasteiger partial charge < -0.3 is 20.1 Å². The molecule has 1 saturated heterocycles. The van der Waals surface area contributed by atoms with Crippen LogP contribution in [0.2, 0.25) is 0 Å². The second kappa shape index (κ2) is 9.30. The number of amides is 1. The van der Waals surface area contributed by atoms with Crippen LogP contribution in [0.3, 0.4) is 0 Å². The number of nitrogens with one attached hydrogen (secondary N) is 2. The molecule has 0 radical (unpaired) electrons. The summed E-state index contributed by atoms with van der Waals surface area (Å²) < 4.78 is 11.1. The average molecular weight is 363 g/mol. The van der Waals surface area contributed by atoms with Gasteiger partial charge in [-0.25, -0.2) is 0 Å². The molecule has 3 rings (SSSR count). The van der Waals surface area contributed by atoms with Gasteiger partial charge in [-0.05, 0) is 55.8 Å². The zero-order valence-corrected chi connectivity index (χ0v) is 15.0. The quantitative estimate of drug-likeness (QED) is 0.844. The van der Waals surface area contributed by atoms with Crippen molar-refractivity contribution >= 4 is 24.0 Å². The summed E-state index contributed by atoms with van der Waals surface area (Å²) in [6.45, 7) is 0.907. The number of carbonyl (C=O) groups is 1. The highest BCUT2D eigenvalue weighted by Crippen LogP contribution is 2.31. The number of anilines is 1. The van der Waals surface area contributed by atoms with Gasteiger partial charge in [0.05, 0.1) is 13.2 Å². The van der Waals surface area contributed by atoms with Gasteiger partial charge in [-0.3, -0.25) is 4.79 Å². The van der Waals surface area contributed by atoms with Crippen LogP contribution in [0.15, 0.2) is 48.5 Å². The molecule has 2 aromatic rings. The zero-order valence-electron chi connectivity index (χ0n) is 14.2. The molecule has 5 nitrogen and oxygen atoms in total. The van der Waals surface area contributed by atoms with Gasteiger partial charge in [0.15, 0.2) is 11.5 Å². The fourth-order valence-corrected chi connectivity index (χ4v) is 2.74. The fourth-order valence-electron chi connectivity index (χ4n) is 2.74. The molecular weight excluding hydrogens is 340 g/mol. The molecule has 1 unspecified atom stereocenters. The Morgan fingerprint density at radius 3 is 2.44 bits per heavy atom. The van der Waals surface area contributed by atoms with Crippen molar-refractivity contribution in [2.75, 3.05) is 19.0 Å². The topological polar surface area (TPSA) is 59.6 Å². The number of ether oxygens (including phenoxy) is 2. The fraction of sp³-hybridized carbons (Fsp3) is 0.316. The van der Waals surface area contributed by atoms with Gasteiger partial charge in [0.25, 0.3) is 0 Å². The Kier molecular flexibility index (Phi) is 7.10. The molecule has 6 heteroatoms. The molecule has 1 amide bonds. The normalized spacial score (nSPS) is 16.4. The van der Waals surface area contributed by atoms with Crippen molar-refractivity contribution in [2.24, 2.45) is 0 Å². The van der Waals surface area contributed by atoms with Gasteiger partial charge in [-0.15, -0.1) is 12.4 Å². The van der Waals surface area contributed by atoms with Crippen LogP contribution in [0.25, 0.3) is 0 Å². The largest absolute Gasteiger partial charge is 0.493 e. The van der Waals surface area contributed by atoms with Crippen LogP contribution in [0.1, 0.15) is 19.3 Å². The SMILES string of the molecule is COc1ccccc1Oc1ccc(NC(=O)C2CCCCN2)cc1.Cl. The van der Waals surface area contributed by atoms with Gasteiger partial charge in [-0.1, -0.05) is 18.6 Å². The summed E-state index contributed by atoms with van der Waals surface area (Å²) in [6, 6.07) is 14.7. The molecule has 1 aliphatic heterocycles. The minimum Gasteiger partial charge on any atom is -0.493 e. The summed E-state index contributed by atoms with van der Waals surface area (Å²) in [5, 5.41) is 6.19. The number of piperidine rings is 1. The first kappa shape index (κ1) is 19.1. The molecule has 0 bridgehead atoms. The summed E-state index contributed by atoms with van der Waals surface area (Å²) in [5.41, 5.74) is 0.764. The Hall–Kier alpha value is -2.24. The third-order valence-electron chi connectivity index (χ3n) is 4.05. The third kappa shape index (κ3) is 5.11. The van der Waals surface area contributed by atoms with E-state index in [2.05, 4.69) is 10.6 Å². The standard InChI is InChI=1S/C19H22N2O3.ClH/c1-23-17-7-2-3-8-18(17)24-15-11-9-14(10-12-15)21-19(22)16-6-4-5-13-20-16;/h2-3,7-12,16,20H,4-6,13H2,1H3,(H,21,22);1H. The number of rotatable bonds is 5. The van der Waals surface area contributed by atoms with E-state index in [1.54, 1.807) is 7.11 Å². The van der Waals surface area contributed by atoms with E-state index in [1.165, 1.54) is 0 Å². The smallest absolute Gasteiger partial charge is 0.241 e. The average Bonchev–Trinajstić information content (AvgIpc) is 2.64. The Morgan fingerprint density at radius 1 is 1.08 bits per heavy atom. The van der Waals surface area contributed by atoms with Gasteiger partial charge in [0, 0.05) is 5.69 Å². The molecule has 0 saturated carbocycles. The van der Waals surface area contributed by atoms with Gasteiger partial charge in [0.1, 0.15) is 5.75 Å². The third-order valence-corrected chi connectivity index (χ3v) is 4.05. The zero-order chi connectivity index (χ0) is 16.8. The number of methoxy groups -OCH3 is 1. The van der Waals surface area contributed by atoms with Crippen LogP contribution >= 0.6 is 12.4 Å². The predicted molar refractivity (Wildman–Crippen MR) is 101 cm³/mol. The second-order valence-electron chi connectivity index (χ2n) is 5.77.